The predicted molar refractivity (Wildman–Crippen MR) is 107 cm³/mol. The molecule has 146 valence electrons. The average molecular weight is 371 g/mol. The second-order valence-corrected chi connectivity index (χ2v) is 7.73. The van der Waals surface area contributed by atoms with E-state index in [4.69, 9.17) is 4.98 Å². The van der Waals surface area contributed by atoms with E-state index in [0.717, 1.165) is 35.7 Å². The molecule has 2 aromatic heterocycles. The van der Waals surface area contributed by atoms with E-state index in [0.29, 0.717) is 24.6 Å². The van der Waals surface area contributed by atoms with Crippen molar-refractivity contribution in [2.75, 3.05) is 36.8 Å². The minimum absolute atomic E-state index is 0.445. The lowest BCUT2D eigenvalue weighted by atomic mass is 9.90. The molecule has 2 aromatic rings. The zero-order chi connectivity index (χ0) is 19.0. The SMILES string of the molecule is CN1NCc2nc(Nc3cnn(C)c3)nc(NC3CCC(N(C)C)CC3)c21. The van der Waals surface area contributed by atoms with Gasteiger partial charge in [-0.3, -0.25) is 4.68 Å². The van der Waals surface area contributed by atoms with Crippen molar-refractivity contribution in [2.24, 2.45) is 7.05 Å². The lowest BCUT2D eigenvalue weighted by molar-refractivity contribution is 0.221. The van der Waals surface area contributed by atoms with E-state index < -0.39 is 0 Å². The Kier molecular flexibility index (Phi) is 4.88. The molecule has 0 aromatic carbocycles. The lowest BCUT2D eigenvalue weighted by Crippen LogP contribution is -2.36. The van der Waals surface area contributed by atoms with Gasteiger partial charge in [0.15, 0.2) is 5.82 Å². The van der Waals surface area contributed by atoms with Crippen LogP contribution in [0.25, 0.3) is 0 Å². The minimum Gasteiger partial charge on any atom is -0.365 e. The van der Waals surface area contributed by atoms with Crippen LogP contribution in [0.2, 0.25) is 0 Å². The van der Waals surface area contributed by atoms with Gasteiger partial charge in [-0.2, -0.15) is 10.1 Å². The quantitative estimate of drug-likeness (QED) is 0.732. The van der Waals surface area contributed by atoms with Crippen LogP contribution in [-0.4, -0.2) is 57.9 Å². The summed E-state index contributed by atoms with van der Waals surface area (Å²) in [5.41, 5.74) is 6.25. The largest absolute Gasteiger partial charge is 0.365 e. The summed E-state index contributed by atoms with van der Waals surface area (Å²) in [6.07, 6.45) is 8.43. The van der Waals surface area contributed by atoms with Gasteiger partial charge in [0, 0.05) is 32.4 Å². The van der Waals surface area contributed by atoms with Gasteiger partial charge in [-0.25, -0.2) is 10.4 Å². The molecule has 27 heavy (non-hydrogen) atoms. The van der Waals surface area contributed by atoms with Gasteiger partial charge in [0.2, 0.25) is 5.95 Å². The Balaban J connectivity index is 1.54. The zero-order valence-electron chi connectivity index (χ0n) is 16.5. The number of rotatable bonds is 5. The second kappa shape index (κ2) is 7.32. The van der Waals surface area contributed by atoms with E-state index >= 15 is 0 Å². The molecule has 0 amide bonds. The van der Waals surface area contributed by atoms with Gasteiger partial charge >= 0.3 is 0 Å². The Bertz CT molecular complexity index is 792. The van der Waals surface area contributed by atoms with Gasteiger partial charge in [-0.15, -0.1) is 0 Å². The predicted octanol–water partition coefficient (Wildman–Crippen LogP) is 1.69. The normalized spacial score (nSPS) is 22.2. The zero-order valence-corrected chi connectivity index (χ0v) is 16.5. The molecular weight excluding hydrogens is 342 g/mol. The molecule has 0 unspecified atom stereocenters. The van der Waals surface area contributed by atoms with E-state index in [2.05, 4.69) is 45.1 Å². The number of anilines is 4. The van der Waals surface area contributed by atoms with E-state index in [1.54, 1.807) is 10.9 Å². The third-order valence-corrected chi connectivity index (χ3v) is 5.50. The monoisotopic (exact) mass is 371 g/mol. The summed E-state index contributed by atoms with van der Waals surface area (Å²) in [5, 5.41) is 13.2. The summed E-state index contributed by atoms with van der Waals surface area (Å²) in [6.45, 7) is 0.706. The first-order valence-electron chi connectivity index (χ1n) is 9.56. The van der Waals surface area contributed by atoms with Crippen molar-refractivity contribution in [1.82, 2.24) is 30.1 Å². The smallest absolute Gasteiger partial charge is 0.229 e. The van der Waals surface area contributed by atoms with Crippen molar-refractivity contribution in [3.8, 4) is 0 Å². The van der Waals surface area contributed by atoms with Gasteiger partial charge in [-0.05, 0) is 39.8 Å². The summed E-state index contributed by atoms with van der Waals surface area (Å²) >= 11 is 0. The van der Waals surface area contributed by atoms with E-state index in [9.17, 15) is 0 Å². The fraction of sp³-hybridized carbons (Fsp3) is 0.611. The van der Waals surface area contributed by atoms with Crippen molar-refractivity contribution in [2.45, 2.75) is 44.3 Å². The van der Waals surface area contributed by atoms with Crippen molar-refractivity contribution in [3.63, 3.8) is 0 Å². The molecule has 1 aliphatic carbocycles. The number of hydrazine groups is 1. The molecule has 0 bridgehead atoms. The first kappa shape index (κ1) is 18.0. The maximum absolute atomic E-state index is 4.79. The van der Waals surface area contributed by atoms with Gasteiger partial charge in [-0.1, -0.05) is 0 Å². The van der Waals surface area contributed by atoms with E-state index in [-0.39, 0.29) is 0 Å². The Morgan fingerprint density at radius 2 is 1.93 bits per heavy atom. The molecule has 1 saturated carbocycles. The maximum atomic E-state index is 4.79. The highest BCUT2D eigenvalue weighted by molar-refractivity contribution is 5.72. The highest BCUT2D eigenvalue weighted by atomic mass is 15.5. The van der Waals surface area contributed by atoms with E-state index in [1.807, 2.05) is 25.3 Å². The molecule has 9 nitrogen and oxygen atoms in total. The van der Waals surface area contributed by atoms with Crippen LogP contribution in [0.15, 0.2) is 12.4 Å². The summed E-state index contributed by atoms with van der Waals surface area (Å²) < 4.78 is 1.76. The topological polar surface area (TPSA) is 86.2 Å². The summed E-state index contributed by atoms with van der Waals surface area (Å²) in [4.78, 5) is 11.8. The molecule has 4 rings (SSSR count). The van der Waals surface area contributed by atoms with Crippen molar-refractivity contribution < 1.29 is 0 Å². The average Bonchev–Trinajstić information content (AvgIpc) is 3.21. The Hall–Kier alpha value is -2.39. The standard InChI is InChI=1S/C18H29N9/c1-25(2)14-7-5-12(6-8-14)21-17-16-15(10-20-27(16)4)23-18(24-17)22-13-9-19-26(3)11-13/h9,11-12,14,20H,5-8,10H2,1-4H3,(H2,21,22,23,24). The summed E-state index contributed by atoms with van der Waals surface area (Å²) in [5.74, 6) is 1.50. The molecule has 0 saturated heterocycles. The maximum Gasteiger partial charge on any atom is 0.229 e. The van der Waals surface area contributed by atoms with Crippen molar-refractivity contribution >= 4 is 23.1 Å². The number of nitrogens with zero attached hydrogens (tertiary/aromatic N) is 6. The van der Waals surface area contributed by atoms with Crippen molar-refractivity contribution in [3.05, 3.63) is 18.1 Å². The molecule has 0 atom stereocenters. The molecule has 0 spiro atoms. The number of aryl methyl sites for hydroxylation is 1. The molecular formula is C18H29N9. The second-order valence-electron chi connectivity index (χ2n) is 7.73. The van der Waals surface area contributed by atoms with Gasteiger partial charge in [0.1, 0.15) is 5.69 Å². The molecule has 1 fully saturated rings. The number of hydrogen-bond donors (Lipinski definition) is 3. The van der Waals surface area contributed by atoms with Crippen LogP contribution in [-0.2, 0) is 13.6 Å². The van der Waals surface area contributed by atoms with Crippen LogP contribution >= 0.6 is 0 Å². The molecule has 3 heterocycles. The first-order chi connectivity index (χ1) is 13.0. The van der Waals surface area contributed by atoms with Crippen LogP contribution in [0.4, 0.5) is 23.1 Å². The lowest BCUT2D eigenvalue weighted by Gasteiger charge is -2.33. The fourth-order valence-electron chi connectivity index (χ4n) is 3.95. The summed E-state index contributed by atoms with van der Waals surface area (Å²) in [7, 11) is 8.25. The highest BCUT2D eigenvalue weighted by Gasteiger charge is 2.27. The van der Waals surface area contributed by atoms with Crippen LogP contribution < -0.4 is 21.1 Å². The Labute approximate surface area is 160 Å². The first-order valence-corrected chi connectivity index (χ1v) is 9.56. The Morgan fingerprint density at radius 3 is 2.59 bits per heavy atom. The van der Waals surface area contributed by atoms with Crippen LogP contribution in [0.3, 0.4) is 0 Å². The van der Waals surface area contributed by atoms with Crippen molar-refractivity contribution in [1.29, 1.82) is 0 Å². The van der Waals surface area contributed by atoms with Gasteiger partial charge < -0.3 is 20.5 Å². The number of nitrogens with one attached hydrogen (secondary N) is 3. The van der Waals surface area contributed by atoms with Gasteiger partial charge in [0.05, 0.1) is 24.1 Å². The number of hydrogen-bond acceptors (Lipinski definition) is 8. The highest BCUT2D eigenvalue weighted by Crippen LogP contribution is 2.34. The van der Waals surface area contributed by atoms with Crippen LogP contribution in [0, 0.1) is 0 Å². The van der Waals surface area contributed by atoms with Crippen LogP contribution in [0.5, 0.6) is 0 Å². The molecule has 0 radical (unpaired) electrons. The van der Waals surface area contributed by atoms with Gasteiger partial charge in [0.25, 0.3) is 0 Å². The number of aromatic nitrogens is 4. The van der Waals surface area contributed by atoms with Crippen LogP contribution in [0.1, 0.15) is 31.4 Å². The Morgan fingerprint density at radius 1 is 1.15 bits per heavy atom. The third-order valence-electron chi connectivity index (χ3n) is 5.50. The summed E-state index contributed by atoms with van der Waals surface area (Å²) in [6, 6.07) is 1.13. The third kappa shape index (κ3) is 3.84. The fourth-order valence-corrected chi connectivity index (χ4v) is 3.95. The molecule has 9 heteroatoms. The van der Waals surface area contributed by atoms with E-state index in [1.165, 1.54) is 12.8 Å². The molecule has 2 aliphatic rings. The molecule has 1 aliphatic heterocycles. The number of fused-ring (bicyclic) bond motifs is 1. The molecule has 3 N–H and O–H groups in total. The minimum atomic E-state index is 0.445.